The summed E-state index contributed by atoms with van der Waals surface area (Å²) >= 11 is 0. The summed E-state index contributed by atoms with van der Waals surface area (Å²) in [7, 11) is 0. The average Bonchev–Trinajstić information content (AvgIpc) is 2.31. The number of phenols is 1. The zero-order valence-corrected chi connectivity index (χ0v) is 12.4. The Balaban J connectivity index is 0.00000128. The molecule has 0 atom stereocenters. The van der Waals surface area contributed by atoms with Crippen molar-refractivity contribution in [3.8, 4) is 16.9 Å². The van der Waals surface area contributed by atoms with Crippen LogP contribution in [0.15, 0.2) is 48.5 Å². The Kier molecular flexibility index (Phi) is 4.67. The van der Waals surface area contributed by atoms with Crippen LogP contribution < -0.4 is 0 Å². The molecule has 0 aliphatic carbocycles. The monoisotopic (exact) mass is 406 g/mol. The molecule has 0 bridgehead atoms. The van der Waals surface area contributed by atoms with Crippen LogP contribution in [0.1, 0.15) is 10.4 Å². The van der Waals surface area contributed by atoms with Crippen LogP contribution in [0.3, 0.4) is 0 Å². The van der Waals surface area contributed by atoms with Crippen molar-refractivity contribution in [2.75, 3.05) is 0 Å². The van der Waals surface area contributed by atoms with Crippen LogP contribution in [0.2, 0.25) is 0 Å². The van der Waals surface area contributed by atoms with E-state index in [0.29, 0.717) is 11.8 Å². The summed E-state index contributed by atoms with van der Waals surface area (Å²) in [5.41, 5.74) is 2.27. The first-order chi connectivity index (χ1) is 7.31. The fourth-order valence-electron chi connectivity index (χ4n) is 1.46. The Hall–Kier alpha value is -1.17. The molecule has 0 saturated heterocycles. The maximum absolute atomic E-state index is 10.7. The fourth-order valence-corrected chi connectivity index (χ4v) is 1.46. The predicted octanol–water partition coefficient (Wildman–Crippen LogP) is 2.49. The molecule has 78 valence electrons. The molecular formula is C13H10O2Pb. The van der Waals surface area contributed by atoms with Crippen molar-refractivity contribution in [3.05, 3.63) is 54.1 Å². The number of rotatable bonds is 2. The van der Waals surface area contributed by atoms with E-state index in [9.17, 15) is 9.90 Å². The van der Waals surface area contributed by atoms with Gasteiger partial charge in [-0.3, -0.25) is 4.79 Å². The molecule has 16 heavy (non-hydrogen) atoms. The molecular weight excluding hydrogens is 395 g/mol. The SMILES string of the molecule is O=Cc1cc(-c2ccccc2)ccc1O.[Pb]. The van der Waals surface area contributed by atoms with E-state index >= 15 is 0 Å². The number of hydrogen-bond acceptors (Lipinski definition) is 2. The van der Waals surface area contributed by atoms with Crippen LogP contribution in [-0.2, 0) is 0 Å². The van der Waals surface area contributed by atoms with Crippen molar-refractivity contribution in [2.24, 2.45) is 0 Å². The minimum absolute atomic E-state index is 0. The maximum Gasteiger partial charge on any atom is 0.153 e. The first-order valence-corrected chi connectivity index (χ1v) is 4.65. The van der Waals surface area contributed by atoms with Crippen molar-refractivity contribution in [2.45, 2.75) is 0 Å². The van der Waals surface area contributed by atoms with Gasteiger partial charge in [0.2, 0.25) is 0 Å². The third kappa shape index (κ3) is 2.69. The van der Waals surface area contributed by atoms with Crippen molar-refractivity contribution in [1.29, 1.82) is 0 Å². The zero-order chi connectivity index (χ0) is 10.7. The number of benzene rings is 2. The second kappa shape index (κ2) is 5.79. The van der Waals surface area contributed by atoms with Gasteiger partial charge in [0.25, 0.3) is 0 Å². The second-order valence-corrected chi connectivity index (χ2v) is 3.26. The van der Waals surface area contributed by atoms with Crippen LogP contribution >= 0.6 is 0 Å². The van der Waals surface area contributed by atoms with E-state index in [1.54, 1.807) is 12.1 Å². The van der Waals surface area contributed by atoms with E-state index < -0.39 is 0 Å². The normalized spacial score (nSPS) is 9.25. The molecule has 2 nitrogen and oxygen atoms in total. The van der Waals surface area contributed by atoms with Crippen LogP contribution in [-0.4, -0.2) is 38.7 Å². The van der Waals surface area contributed by atoms with Gasteiger partial charge in [-0.05, 0) is 23.3 Å². The second-order valence-electron chi connectivity index (χ2n) is 3.26. The van der Waals surface area contributed by atoms with Crippen LogP contribution in [0.25, 0.3) is 11.1 Å². The van der Waals surface area contributed by atoms with E-state index in [4.69, 9.17) is 0 Å². The molecule has 1 N–H and O–H groups in total. The Morgan fingerprint density at radius 1 is 0.938 bits per heavy atom. The van der Waals surface area contributed by atoms with Gasteiger partial charge in [-0.2, -0.15) is 0 Å². The molecule has 0 aliphatic heterocycles. The fraction of sp³-hybridized carbons (Fsp3) is 0. The molecule has 4 radical (unpaired) electrons. The predicted molar refractivity (Wildman–Crippen MR) is 64.7 cm³/mol. The number of phenolic OH excluding ortho intramolecular Hbond substituents is 1. The van der Waals surface area contributed by atoms with E-state index in [1.165, 1.54) is 6.07 Å². The van der Waals surface area contributed by atoms with Gasteiger partial charge >= 0.3 is 0 Å². The van der Waals surface area contributed by atoms with Gasteiger partial charge in [-0.15, -0.1) is 0 Å². The van der Waals surface area contributed by atoms with Crippen molar-refractivity contribution < 1.29 is 9.90 Å². The first-order valence-electron chi connectivity index (χ1n) is 4.65. The van der Waals surface area contributed by atoms with Crippen molar-refractivity contribution in [1.82, 2.24) is 0 Å². The minimum atomic E-state index is 0. The molecule has 0 saturated carbocycles. The summed E-state index contributed by atoms with van der Waals surface area (Å²) in [5.74, 6) is 0.0182. The van der Waals surface area contributed by atoms with E-state index in [2.05, 4.69) is 0 Å². The van der Waals surface area contributed by atoms with Crippen LogP contribution in [0.4, 0.5) is 0 Å². The summed E-state index contributed by atoms with van der Waals surface area (Å²) in [6, 6.07) is 14.7. The molecule has 0 heterocycles. The Bertz CT molecular complexity index is 481. The van der Waals surface area contributed by atoms with Gasteiger partial charge in [0, 0.05) is 27.3 Å². The number of hydrogen-bond donors (Lipinski definition) is 1. The Morgan fingerprint density at radius 3 is 2.25 bits per heavy atom. The van der Waals surface area contributed by atoms with E-state index in [1.807, 2.05) is 30.3 Å². The first kappa shape index (κ1) is 12.9. The number of aldehydes is 1. The molecule has 2 aromatic rings. The van der Waals surface area contributed by atoms with Gasteiger partial charge in [0.05, 0.1) is 5.56 Å². The van der Waals surface area contributed by atoms with E-state index in [0.717, 1.165) is 11.1 Å². The summed E-state index contributed by atoms with van der Waals surface area (Å²) < 4.78 is 0. The smallest absolute Gasteiger partial charge is 0.153 e. The van der Waals surface area contributed by atoms with Crippen LogP contribution in [0, 0.1) is 0 Å². The molecule has 0 unspecified atom stereocenters. The molecule has 2 rings (SSSR count). The summed E-state index contributed by atoms with van der Waals surface area (Å²) in [5, 5.41) is 9.35. The largest absolute Gasteiger partial charge is 0.507 e. The Morgan fingerprint density at radius 2 is 1.62 bits per heavy atom. The third-order valence-corrected chi connectivity index (χ3v) is 2.26. The summed E-state index contributed by atoms with van der Waals surface area (Å²) in [6.45, 7) is 0. The molecule has 3 heteroatoms. The quantitative estimate of drug-likeness (QED) is 0.616. The van der Waals surface area contributed by atoms with Crippen molar-refractivity contribution >= 4 is 33.6 Å². The van der Waals surface area contributed by atoms with E-state index in [-0.39, 0.29) is 33.0 Å². The van der Waals surface area contributed by atoms with Gasteiger partial charge in [0.15, 0.2) is 6.29 Å². The number of aromatic hydroxyl groups is 1. The molecule has 0 amide bonds. The molecule has 0 spiro atoms. The van der Waals surface area contributed by atoms with Gasteiger partial charge in [0.1, 0.15) is 5.75 Å². The summed E-state index contributed by atoms with van der Waals surface area (Å²) in [6.07, 6.45) is 0.655. The molecule has 2 aromatic carbocycles. The van der Waals surface area contributed by atoms with Gasteiger partial charge in [-0.1, -0.05) is 36.4 Å². The standard InChI is InChI=1S/C13H10O2.Pb/c14-9-12-8-11(6-7-13(12)15)10-4-2-1-3-5-10;/h1-9,15H;. The average molecular weight is 405 g/mol. The number of carbonyl (C=O) groups excluding carboxylic acids is 1. The Labute approximate surface area is 114 Å². The molecule has 0 fully saturated rings. The summed E-state index contributed by atoms with van der Waals surface area (Å²) in [4.78, 5) is 10.7. The number of carbonyl (C=O) groups is 1. The minimum Gasteiger partial charge on any atom is -0.507 e. The van der Waals surface area contributed by atoms with Crippen molar-refractivity contribution in [3.63, 3.8) is 0 Å². The zero-order valence-electron chi connectivity index (χ0n) is 8.55. The third-order valence-electron chi connectivity index (χ3n) is 2.26. The van der Waals surface area contributed by atoms with Gasteiger partial charge < -0.3 is 5.11 Å². The molecule has 0 aliphatic rings. The molecule has 0 aromatic heterocycles. The van der Waals surface area contributed by atoms with Crippen LogP contribution in [0.5, 0.6) is 5.75 Å². The van der Waals surface area contributed by atoms with Gasteiger partial charge in [-0.25, -0.2) is 0 Å². The topological polar surface area (TPSA) is 37.3 Å². The maximum atomic E-state index is 10.7.